The van der Waals surface area contributed by atoms with Crippen molar-refractivity contribution in [1.82, 2.24) is 0 Å². The average Bonchev–Trinajstić information content (AvgIpc) is 2.90. The smallest absolute Gasteiger partial charge is 0.293 e. The van der Waals surface area contributed by atoms with Gasteiger partial charge in [0.15, 0.2) is 0 Å². The Morgan fingerprint density at radius 3 is 2.50 bits per heavy atom. The van der Waals surface area contributed by atoms with E-state index in [1.165, 1.54) is 0 Å². The monoisotopic (exact) mass is 490 g/mol. The molecule has 3 aromatic carbocycles. The summed E-state index contributed by atoms with van der Waals surface area (Å²) in [6, 6.07) is 19.0. The molecule has 1 spiro atoms. The topological polar surface area (TPSA) is 74.0 Å². The highest BCUT2D eigenvalue weighted by Gasteiger charge is 2.41. The molecule has 2 saturated heterocycles. The number of piperidine rings is 1. The Morgan fingerprint density at radius 1 is 1.00 bits per heavy atom. The molecular formula is C29H31FN2O4. The minimum atomic E-state index is -0.287. The summed E-state index contributed by atoms with van der Waals surface area (Å²) in [6.45, 7) is 4.58. The summed E-state index contributed by atoms with van der Waals surface area (Å²) in [4.78, 5) is 13.0. The highest BCUT2D eigenvalue weighted by Crippen LogP contribution is 2.40. The highest BCUT2D eigenvalue weighted by molar-refractivity contribution is 5.71. The summed E-state index contributed by atoms with van der Waals surface area (Å²) in [5, 5.41) is 0. The van der Waals surface area contributed by atoms with Gasteiger partial charge < -0.3 is 24.8 Å². The maximum atomic E-state index is 15.3. The zero-order chi connectivity index (χ0) is 25.0. The first kappa shape index (κ1) is 24.3. The van der Waals surface area contributed by atoms with Crippen molar-refractivity contribution >= 4 is 12.2 Å². The van der Waals surface area contributed by atoms with Gasteiger partial charge in [-0.15, -0.1) is 0 Å². The van der Waals surface area contributed by atoms with Gasteiger partial charge in [-0.3, -0.25) is 4.79 Å². The molecule has 0 unspecified atom stereocenters. The van der Waals surface area contributed by atoms with Gasteiger partial charge in [-0.1, -0.05) is 36.4 Å². The summed E-state index contributed by atoms with van der Waals surface area (Å²) in [5.74, 6) is 0.358. The van der Waals surface area contributed by atoms with E-state index < -0.39 is 0 Å². The Balaban J connectivity index is 1.44. The molecule has 0 bridgehead atoms. The number of nitrogens with two attached hydrogens (primary N) is 1. The summed E-state index contributed by atoms with van der Waals surface area (Å²) in [5.41, 5.74) is 10.7. The molecule has 2 N–H and O–H groups in total. The zero-order valence-corrected chi connectivity index (χ0v) is 20.3. The fraction of sp³-hybridized carbons (Fsp3) is 0.345. The molecule has 36 heavy (non-hydrogen) atoms. The Morgan fingerprint density at radius 2 is 1.78 bits per heavy atom. The van der Waals surface area contributed by atoms with Gasteiger partial charge in [-0.25, -0.2) is 4.39 Å². The van der Waals surface area contributed by atoms with Gasteiger partial charge in [0.2, 0.25) is 0 Å². The quantitative estimate of drug-likeness (QED) is 0.434. The molecule has 3 aromatic rings. The lowest BCUT2D eigenvalue weighted by Crippen LogP contribution is -2.50. The van der Waals surface area contributed by atoms with E-state index in [4.69, 9.17) is 19.9 Å². The third-order valence-electron chi connectivity index (χ3n) is 7.27. The van der Waals surface area contributed by atoms with Crippen molar-refractivity contribution in [3.8, 4) is 16.9 Å². The minimum absolute atomic E-state index is 0.140. The van der Waals surface area contributed by atoms with Gasteiger partial charge in [0.05, 0.1) is 13.2 Å². The normalized spacial score (nSPS) is 16.4. The van der Waals surface area contributed by atoms with Crippen molar-refractivity contribution in [2.45, 2.75) is 32.6 Å². The Bertz CT molecular complexity index is 1220. The maximum absolute atomic E-state index is 15.3. The van der Waals surface area contributed by atoms with Crippen LogP contribution in [0, 0.1) is 11.2 Å². The van der Waals surface area contributed by atoms with Crippen molar-refractivity contribution < 1.29 is 23.4 Å². The molecule has 2 heterocycles. The van der Waals surface area contributed by atoms with Crippen molar-refractivity contribution in [1.29, 1.82) is 0 Å². The molecule has 0 saturated carbocycles. The van der Waals surface area contributed by atoms with E-state index in [1.807, 2.05) is 36.4 Å². The van der Waals surface area contributed by atoms with Crippen LogP contribution in [0.15, 0.2) is 60.7 Å². The SMILES string of the molecule is NCc1cccc(-c2cc(COc3ccccc3COC=O)cc(N3CCC4(CC3)COC4)c2)c1F. The van der Waals surface area contributed by atoms with E-state index in [-0.39, 0.29) is 19.0 Å². The molecule has 0 atom stereocenters. The molecule has 2 fully saturated rings. The lowest BCUT2D eigenvalue weighted by Gasteiger charge is -2.48. The number of hydrogen-bond donors (Lipinski definition) is 1. The third-order valence-corrected chi connectivity index (χ3v) is 7.27. The van der Waals surface area contributed by atoms with Gasteiger partial charge >= 0.3 is 0 Å². The number of hydrogen-bond acceptors (Lipinski definition) is 6. The first-order valence-corrected chi connectivity index (χ1v) is 12.3. The molecule has 6 nitrogen and oxygen atoms in total. The van der Waals surface area contributed by atoms with Crippen LogP contribution in [0.5, 0.6) is 5.75 Å². The van der Waals surface area contributed by atoms with Crippen LogP contribution in [0.2, 0.25) is 0 Å². The van der Waals surface area contributed by atoms with E-state index in [1.54, 1.807) is 12.1 Å². The number of ether oxygens (including phenoxy) is 3. The van der Waals surface area contributed by atoms with Crippen LogP contribution >= 0.6 is 0 Å². The van der Waals surface area contributed by atoms with Crippen LogP contribution in [0.25, 0.3) is 11.1 Å². The van der Waals surface area contributed by atoms with Gasteiger partial charge in [0.1, 0.15) is 24.8 Å². The van der Waals surface area contributed by atoms with Crippen LogP contribution in [0.1, 0.15) is 29.5 Å². The van der Waals surface area contributed by atoms with E-state index in [0.29, 0.717) is 35.4 Å². The molecule has 2 aliphatic heterocycles. The summed E-state index contributed by atoms with van der Waals surface area (Å²) < 4.78 is 31.8. The molecule has 0 amide bonds. The second kappa shape index (κ2) is 10.7. The van der Waals surface area contributed by atoms with Crippen LogP contribution in [0.4, 0.5) is 10.1 Å². The number of nitrogens with zero attached hydrogens (tertiary/aromatic N) is 1. The lowest BCUT2D eigenvalue weighted by atomic mass is 9.76. The van der Waals surface area contributed by atoms with Crippen molar-refractivity contribution in [2.75, 3.05) is 31.2 Å². The first-order valence-electron chi connectivity index (χ1n) is 12.3. The fourth-order valence-electron chi connectivity index (χ4n) is 5.02. The van der Waals surface area contributed by atoms with Crippen molar-refractivity contribution in [3.05, 3.63) is 83.2 Å². The number of para-hydroxylation sites is 1. The second-order valence-electron chi connectivity index (χ2n) is 9.65. The number of carbonyl (C=O) groups excluding carboxylic acids is 1. The predicted molar refractivity (Wildman–Crippen MR) is 136 cm³/mol. The summed E-state index contributed by atoms with van der Waals surface area (Å²) in [6.07, 6.45) is 2.17. The van der Waals surface area contributed by atoms with Crippen LogP contribution in [-0.4, -0.2) is 32.8 Å². The third kappa shape index (κ3) is 5.08. The van der Waals surface area contributed by atoms with Gasteiger partial charge in [0.25, 0.3) is 6.47 Å². The molecule has 5 rings (SSSR count). The molecule has 7 heteroatoms. The zero-order valence-electron chi connectivity index (χ0n) is 20.3. The Labute approximate surface area is 210 Å². The predicted octanol–water partition coefficient (Wildman–Crippen LogP) is 4.82. The number of halogens is 1. The number of carbonyl (C=O) groups is 1. The standard InChI is InChI=1S/C29H31FN2O4/c30-28-22(15-31)5-3-6-26(28)24-12-21(16-36-27-7-2-1-4-23(27)17-34-20-33)13-25(14-24)32-10-8-29(9-11-32)18-35-19-29/h1-7,12-14,20H,8-11,15-19,31H2. The molecule has 0 aliphatic carbocycles. The molecule has 0 radical (unpaired) electrons. The lowest BCUT2D eigenvalue weighted by molar-refractivity contribution is -0.129. The summed E-state index contributed by atoms with van der Waals surface area (Å²) >= 11 is 0. The van der Waals surface area contributed by atoms with E-state index in [2.05, 4.69) is 17.0 Å². The highest BCUT2D eigenvalue weighted by atomic mass is 19.1. The number of benzene rings is 3. The Hall–Kier alpha value is -3.42. The van der Waals surface area contributed by atoms with E-state index >= 15 is 4.39 Å². The van der Waals surface area contributed by atoms with Crippen LogP contribution in [-0.2, 0) is 34.0 Å². The van der Waals surface area contributed by atoms with E-state index in [0.717, 1.165) is 61.5 Å². The second-order valence-corrected chi connectivity index (χ2v) is 9.65. The molecule has 0 aromatic heterocycles. The number of anilines is 1. The Kier molecular flexibility index (Phi) is 7.20. The fourth-order valence-corrected chi connectivity index (χ4v) is 5.02. The molecule has 188 valence electrons. The summed E-state index contributed by atoms with van der Waals surface area (Å²) in [7, 11) is 0. The maximum Gasteiger partial charge on any atom is 0.293 e. The molecular weight excluding hydrogens is 459 g/mol. The van der Waals surface area contributed by atoms with Gasteiger partial charge in [-0.05, 0) is 48.2 Å². The molecule has 2 aliphatic rings. The van der Waals surface area contributed by atoms with Crippen LogP contribution in [0.3, 0.4) is 0 Å². The van der Waals surface area contributed by atoms with E-state index in [9.17, 15) is 4.79 Å². The first-order chi connectivity index (χ1) is 17.6. The van der Waals surface area contributed by atoms with Gasteiger partial charge in [0, 0.05) is 47.4 Å². The van der Waals surface area contributed by atoms with Crippen molar-refractivity contribution in [2.24, 2.45) is 11.1 Å². The average molecular weight is 491 g/mol. The van der Waals surface area contributed by atoms with Crippen molar-refractivity contribution in [3.63, 3.8) is 0 Å². The van der Waals surface area contributed by atoms with Gasteiger partial charge in [-0.2, -0.15) is 0 Å². The van der Waals surface area contributed by atoms with Crippen LogP contribution < -0.4 is 15.4 Å². The largest absolute Gasteiger partial charge is 0.488 e. The minimum Gasteiger partial charge on any atom is -0.488 e. The number of rotatable bonds is 9.